The third-order valence-electron chi connectivity index (χ3n) is 5.98. The zero-order valence-electron chi connectivity index (χ0n) is 17.7. The van der Waals surface area contributed by atoms with Crippen molar-refractivity contribution >= 4 is 16.8 Å². The Morgan fingerprint density at radius 3 is 2.68 bits per heavy atom. The average Bonchev–Trinajstić information content (AvgIpc) is 3.54. The number of rotatable bonds is 7. The van der Waals surface area contributed by atoms with E-state index < -0.39 is 0 Å². The molecule has 0 saturated heterocycles. The van der Waals surface area contributed by atoms with Gasteiger partial charge >= 0.3 is 0 Å². The summed E-state index contributed by atoms with van der Waals surface area (Å²) in [5.74, 6) is 1.30. The molecule has 2 aromatic heterocycles. The third-order valence-corrected chi connectivity index (χ3v) is 5.98. The number of aromatic nitrogens is 3. The van der Waals surface area contributed by atoms with Gasteiger partial charge in [0.2, 0.25) is 0 Å². The Morgan fingerprint density at radius 1 is 1.10 bits per heavy atom. The van der Waals surface area contributed by atoms with Gasteiger partial charge in [0.15, 0.2) is 0 Å². The molecule has 2 heterocycles. The molecule has 1 fully saturated rings. The van der Waals surface area contributed by atoms with E-state index in [1.807, 2.05) is 48.2 Å². The van der Waals surface area contributed by atoms with Gasteiger partial charge in [-0.25, -0.2) is 9.97 Å². The van der Waals surface area contributed by atoms with Crippen LogP contribution >= 0.6 is 0 Å². The average molecular weight is 411 g/mol. The minimum Gasteiger partial charge on any atom is -0.361 e. The van der Waals surface area contributed by atoms with Crippen LogP contribution in [0.1, 0.15) is 34.6 Å². The summed E-state index contributed by atoms with van der Waals surface area (Å²) in [5, 5.41) is 1.23. The first-order chi connectivity index (χ1) is 15.2. The Bertz CT molecular complexity index is 1210. The van der Waals surface area contributed by atoms with E-state index in [9.17, 15) is 4.79 Å². The van der Waals surface area contributed by atoms with E-state index in [4.69, 9.17) is 0 Å². The Labute approximate surface area is 182 Å². The van der Waals surface area contributed by atoms with Gasteiger partial charge < -0.3 is 9.88 Å². The van der Waals surface area contributed by atoms with Gasteiger partial charge in [-0.05, 0) is 43.7 Å². The maximum atomic E-state index is 13.7. The lowest BCUT2D eigenvalue weighted by atomic mass is 10.1. The first kappa shape index (κ1) is 19.5. The molecular weight excluding hydrogens is 384 g/mol. The number of hydrogen-bond acceptors (Lipinski definition) is 3. The van der Waals surface area contributed by atoms with Gasteiger partial charge in [0, 0.05) is 41.9 Å². The van der Waals surface area contributed by atoms with Gasteiger partial charge in [0.25, 0.3) is 5.91 Å². The highest BCUT2D eigenvalue weighted by atomic mass is 16.2. The number of benzene rings is 2. The topological polar surface area (TPSA) is 61.9 Å². The molecule has 1 amide bonds. The van der Waals surface area contributed by atoms with Crippen LogP contribution in [0.15, 0.2) is 67.0 Å². The summed E-state index contributed by atoms with van der Waals surface area (Å²) in [6, 6.07) is 18.2. The lowest BCUT2D eigenvalue weighted by molar-refractivity contribution is 0.0749. The monoisotopic (exact) mass is 410 g/mol. The molecule has 1 aliphatic rings. The number of aryl methyl sites for hydroxylation is 1. The summed E-state index contributed by atoms with van der Waals surface area (Å²) in [6.07, 6.45) is 6.98. The van der Waals surface area contributed by atoms with Gasteiger partial charge in [-0.1, -0.05) is 48.5 Å². The largest absolute Gasteiger partial charge is 0.361 e. The second-order valence-electron chi connectivity index (χ2n) is 8.35. The highest BCUT2D eigenvalue weighted by Gasteiger charge is 2.29. The van der Waals surface area contributed by atoms with Crippen molar-refractivity contribution in [1.82, 2.24) is 19.9 Å². The van der Waals surface area contributed by atoms with Crippen LogP contribution in [-0.2, 0) is 6.42 Å². The SMILES string of the molecule is Cc1ncc(C(=O)N(CCc2c[nH]c3ccccc23)CC2CC2)c(-c2ccccc2)n1. The number of amides is 1. The van der Waals surface area contributed by atoms with Crippen LogP contribution in [-0.4, -0.2) is 38.8 Å². The molecule has 5 rings (SSSR count). The van der Waals surface area contributed by atoms with Crippen molar-refractivity contribution in [3.05, 3.63) is 83.9 Å². The minimum absolute atomic E-state index is 0.0191. The molecule has 0 bridgehead atoms. The molecule has 0 atom stereocenters. The summed E-state index contributed by atoms with van der Waals surface area (Å²) < 4.78 is 0. The van der Waals surface area contributed by atoms with Crippen molar-refractivity contribution in [2.45, 2.75) is 26.2 Å². The summed E-state index contributed by atoms with van der Waals surface area (Å²) in [4.78, 5) is 28.0. The normalized spacial score (nSPS) is 13.5. The lowest BCUT2D eigenvalue weighted by Gasteiger charge is -2.23. The molecule has 0 radical (unpaired) electrons. The van der Waals surface area contributed by atoms with Crippen LogP contribution in [0.5, 0.6) is 0 Å². The number of fused-ring (bicyclic) bond motifs is 1. The molecule has 1 N–H and O–H groups in total. The van der Waals surface area contributed by atoms with E-state index >= 15 is 0 Å². The fourth-order valence-corrected chi connectivity index (χ4v) is 4.09. The van der Waals surface area contributed by atoms with Crippen molar-refractivity contribution in [3.8, 4) is 11.3 Å². The predicted octanol–water partition coefficient (Wildman–Crippen LogP) is 5.03. The van der Waals surface area contributed by atoms with Crippen molar-refractivity contribution < 1.29 is 4.79 Å². The summed E-state index contributed by atoms with van der Waals surface area (Å²) in [7, 11) is 0. The molecule has 5 nitrogen and oxygen atoms in total. The summed E-state index contributed by atoms with van der Waals surface area (Å²) >= 11 is 0. The molecule has 0 unspecified atom stereocenters. The molecule has 31 heavy (non-hydrogen) atoms. The van der Waals surface area contributed by atoms with Gasteiger partial charge in [-0.3, -0.25) is 4.79 Å². The van der Waals surface area contributed by atoms with Crippen molar-refractivity contribution in [1.29, 1.82) is 0 Å². The highest BCUT2D eigenvalue weighted by Crippen LogP contribution is 2.31. The zero-order valence-corrected chi connectivity index (χ0v) is 17.7. The van der Waals surface area contributed by atoms with Crippen molar-refractivity contribution in [3.63, 3.8) is 0 Å². The molecule has 0 spiro atoms. The lowest BCUT2D eigenvalue weighted by Crippen LogP contribution is -2.35. The summed E-state index contributed by atoms with van der Waals surface area (Å²) in [6.45, 7) is 3.34. The number of hydrogen-bond donors (Lipinski definition) is 1. The first-order valence-electron chi connectivity index (χ1n) is 10.9. The minimum atomic E-state index is 0.0191. The van der Waals surface area contributed by atoms with Crippen LogP contribution in [0.2, 0.25) is 0 Å². The van der Waals surface area contributed by atoms with Crippen molar-refractivity contribution in [2.24, 2.45) is 5.92 Å². The van der Waals surface area contributed by atoms with E-state index in [1.165, 1.54) is 23.8 Å². The van der Waals surface area contributed by atoms with Crippen LogP contribution in [0.4, 0.5) is 0 Å². The van der Waals surface area contributed by atoms with Crippen molar-refractivity contribution in [2.75, 3.05) is 13.1 Å². The molecule has 1 aliphatic carbocycles. The second-order valence-corrected chi connectivity index (χ2v) is 8.35. The fraction of sp³-hybridized carbons (Fsp3) is 0.269. The smallest absolute Gasteiger partial charge is 0.257 e. The fourth-order valence-electron chi connectivity index (χ4n) is 4.09. The van der Waals surface area contributed by atoms with E-state index in [1.54, 1.807) is 6.20 Å². The standard InChI is InChI=1S/C26H26N4O/c1-18-27-16-23(25(29-18)20-7-3-2-4-8-20)26(31)30(17-19-11-12-19)14-13-21-15-28-24-10-6-5-9-22(21)24/h2-10,15-16,19,28H,11-14,17H2,1H3. The third kappa shape index (κ3) is 4.22. The van der Waals surface area contributed by atoms with Crippen LogP contribution in [0, 0.1) is 12.8 Å². The van der Waals surface area contributed by atoms with Crippen LogP contribution < -0.4 is 0 Å². The molecule has 0 aliphatic heterocycles. The van der Waals surface area contributed by atoms with Gasteiger partial charge in [-0.2, -0.15) is 0 Å². The maximum absolute atomic E-state index is 13.7. The number of aromatic amines is 1. The first-order valence-corrected chi connectivity index (χ1v) is 10.9. The van der Waals surface area contributed by atoms with E-state index in [-0.39, 0.29) is 5.91 Å². The van der Waals surface area contributed by atoms with E-state index in [0.29, 0.717) is 29.5 Å². The number of para-hydroxylation sites is 1. The molecule has 5 heteroatoms. The van der Waals surface area contributed by atoms with Crippen LogP contribution in [0.3, 0.4) is 0 Å². The molecular formula is C26H26N4O. The van der Waals surface area contributed by atoms with Crippen LogP contribution in [0.25, 0.3) is 22.2 Å². The van der Waals surface area contributed by atoms with Gasteiger partial charge in [0.1, 0.15) is 5.82 Å². The number of H-pyrrole nitrogens is 1. The molecule has 2 aromatic carbocycles. The number of carbonyl (C=O) groups excluding carboxylic acids is 1. The second kappa shape index (κ2) is 8.34. The van der Waals surface area contributed by atoms with Gasteiger partial charge in [-0.15, -0.1) is 0 Å². The Morgan fingerprint density at radius 2 is 1.87 bits per heavy atom. The van der Waals surface area contributed by atoms with E-state index in [2.05, 4.69) is 39.3 Å². The highest BCUT2D eigenvalue weighted by molar-refractivity contribution is 5.99. The van der Waals surface area contributed by atoms with E-state index in [0.717, 1.165) is 24.0 Å². The maximum Gasteiger partial charge on any atom is 0.257 e. The summed E-state index contributed by atoms with van der Waals surface area (Å²) in [5.41, 5.74) is 4.62. The zero-order chi connectivity index (χ0) is 21.2. The quantitative estimate of drug-likeness (QED) is 0.465. The molecule has 4 aromatic rings. The number of nitrogens with zero attached hydrogens (tertiary/aromatic N) is 3. The molecule has 156 valence electrons. The Hall–Kier alpha value is -3.47. The molecule has 1 saturated carbocycles. The number of nitrogens with one attached hydrogen (secondary N) is 1. The number of carbonyl (C=O) groups is 1. The Balaban J connectivity index is 1.43. The predicted molar refractivity (Wildman–Crippen MR) is 123 cm³/mol. The van der Waals surface area contributed by atoms with Gasteiger partial charge in [0.05, 0.1) is 11.3 Å². The Kier molecular flexibility index (Phi) is 5.24.